The molecule has 0 radical (unpaired) electrons. The fourth-order valence-corrected chi connectivity index (χ4v) is 4.23. The molecule has 3 unspecified atom stereocenters. The Kier molecular flexibility index (Phi) is 4.28. The Bertz CT molecular complexity index is 392. The Morgan fingerprint density at radius 2 is 1.86 bits per heavy atom. The molecular weight excluding hydrogens is 264 g/mol. The molecule has 3 atom stereocenters. The summed E-state index contributed by atoms with van der Waals surface area (Å²) < 4.78 is 0. The van der Waals surface area contributed by atoms with E-state index in [4.69, 9.17) is 0 Å². The molecule has 0 saturated heterocycles. The Morgan fingerprint density at radius 1 is 1.19 bits per heavy atom. The summed E-state index contributed by atoms with van der Waals surface area (Å²) in [7, 11) is 2.14. The van der Waals surface area contributed by atoms with Crippen molar-refractivity contribution in [2.24, 2.45) is 11.8 Å². The van der Waals surface area contributed by atoms with Crippen molar-refractivity contribution in [2.75, 3.05) is 13.6 Å². The van der Waals surface area contributed by atoms with Crippen molar-refractivity contribution < 1.29 is 9.90 Å². The van der Waals surface area contributed by atoms with Crippen LogP contribution in [-0.2, 0) is 4.79 Å². The molecular formula is C17H30N2O2. The van der Waals surface area contributed by atoms with Crippen LogP contribution in [0.15, 0.2) is 0 Å². The Hall–Kier alpha value is -0.610. The Balaban J connectivity index is 1.71. The standard InChI is InChI=1S/C17H30N2O2/c1-12-5-3-4-6-15(12)19(2)11-17(16(20)21,13-7-8-13)18-14-9-10-14/h12-15,18H,3-11H2,1-2H3,(H,20,21). The van der Waals surface area contributed by atoms with E-state index in [0.29, 0.717) is 30.5 Å². The van der Waals surface area contributed by atoms with Gasteiger partial charge in [-0.3, -0.25) is 10.1 Å². The summed E-state index contributed by atoms with van der Waals surface area (Å²) in [5.74, 6) is 0.388. The molecule has 3 aliphatic rings. The largest absolute Gasteiger partial charge is 0.480 e. The lowest BCUT2D eigenvalue weighted by atomic mass is 9.83. The fourth-order valence-electron chi connectivity index (χ4n) is 4.23. The molecule has 4 nitrogen and oxygen atoms in total. The van der Waals surface area contributed by atoms with Crippen LogP contribution in [0.3, 0.4) is 0 Å². The average Bonchev–Trinajstić information content (AvgIpc) is 3.31. The number of nitrogens with one attached hydrogen (secondary N) is 1. The summed E-state index contributed by atoms with van der Waals surface area (Å²) in [6.45, 7) is 2.99. The van der Waals surface area contributed by atoms with Gasteiger partial charge in [0.1, 0.15) is 5.54 Å². The molecule has 21 heavy (non-hydrogen) atoms. The van der Waals surface area contributed by atoms with Crippen LogP contribution in [0.1, 0.15) is 58.3 Å². The minimum atomic E-state index is -0.701. The van der Waals surface area contributed by atoms with E-state index in [1.807, 2.05) is 0 Å². The zero-order valence-corrected chi connectivity index (χ0v) is 13.5. The van der Waals surface area contributed by atoms with Crippen LogP contribution >= 0.6 is 0 Å². The number of hydrogen-bond acceptors (Lipinski definition) is 3. The van der Waals surface area contributed by atoms with Crippen molar-refractivity contribution in [3.8, 4) is 0 Å². The van der Waals surface area contributed by atoms with Crippen LogP contribution in [-0.4, -0.2) is 47.2 Å². The topological polar surface area (TPSA) is 52.6 Å². The van der Waals surface area contributed by atoms with E-state index in [-0.39, 0.29) is 0 Å². The minimum absolute atomic E-state index is 0.331. The third-order valence-electron chi connectivity index (χ3n) is 5.83. The van der Waals surface area contributed by atoms with Crippen LogP contribution in [0, 0.1) is 11.8 Å². The number of hydrogen-bond donors (Lipinski definition) is 2. The highest BCUT2D eigenvalue weighted by atomic mass is 16.4. The van der Waals surface area contributed by atoms with Gasteiger partial charge in [0.05, 0.1) is 0 Å². The minimum Gasteiger partial charge on any atom is -0.480 e. The lowest BCUT2D eigenvalue weighted by Gasteiger charge is -2.42. The van der Waals surface area contributed by atoms with Gasteiger partial charge in [0, 0.05) is 18.6 Å². The molecule has 120 valence electrons. The van der Waals surface area contributed by atoms with Gasteiger partial charge in [0.15, 0.2) is 0 Å². The fraction of sp³-hybridized carbons (Fsp3) is 0.941. The molecule has 0 aromatic rings. The third kappa shape index (κ3) is 3.26. The van der Waals surface area contributed by atoms with Gasteiger partial charge >= 0.3 is 5.97 Å². The highest BCUT2D eigenvalue weighted by Gasteiger charge is 2.54. The third-order valence-corrected chi connectivity index (χ3v) is 5.83. The van der Waals surface area contributed by atoms with Crippen LogP contribution < -0.4 is 5.32 Å². The molecule has 2 N–H and O–H groups in total. The van der Waals surface area contributed by atoms with Gasteiger partial charge in [0.2, 0.25) is 0 Å². The average molecular weight is 294 g/mol. The summed E-state index contributed by atoms with van der Waals surface area (Å²) in [5.41, 5.74) is -0.701. The van der Waals surface area contributed by atoms with Crippen molar-refractivity contribution in [3.05, 3.63) is 0 Å². The SMILES string of the molecule is CC1CCCCC1N(C)CC(NC1CC1)(C(=O)O)C1CC1. The molecule has 0 bridgehead atoms. The second-order valence-electron chi connectivity index (χ2n) is 7.71. The zero-order valence-electron chi connectivity index (χ0n) is 13.5. The summed E-state index contributed by atoms with van der Waals surface area (Å²) in [5, 5.41) is 13.4. The van der Waals surface area contributed by atoms with E-state index in [2.05, 4.69) is 24.2 Å². The summed E-state index contributed by atoms with van der Waals surface area (Å²) in [6.07, 6.45) is 9.56. The molecule has 0 aromatic carbocycles. The lowest BCUT2D eigenvalue weighted by Crippen LogP contribution is -2.62. The van der Waals surface area contributed by atoms with Crippen molar-refractivity contribution in [3.63, 3.8) is 0 Å². The quantitative estimate of drug-likeness (QED) is 0.757. The lowest BCUT2D eigenvalue weighted by molar-refractivity contribution is -0.147. The van der Waals surface area contributed by atoms with E-state index < -0.39 is 11.5 Å². The van der Waals surface area contributed by atoms with Gasteiger partial charge in [-0.15, -0.1) is 0 Å². The molecule has 0 aromatic heterocycles. The number of aliphatic carboxylic acids is 1. The van der Waals surface area contributed by atoms with Gasteiger partial charge in [-0.25, -0.2) is 0 Å². The van der Waals surface area contributed by atoms with Crippen LogP contribution in [0.25, 0.3) is 0 Å². The first-order valence-electron chi connectivity index (χ1n) is 8.74. The van der Waals surface area contributed by atoms with Gasteiger partial charge in [0.25, 0.3) is 0 Å². The van der Waals surface area contributed by atoms with Crippen LogP contribution in [0.4, 0.5) is 0 Å². The number of rotatable bonds is 7. The first-order valence-corrected chi connectivity index (χ1v) is 8.74. The van der Waals surface area contributed by atoms with E-state index in [1.54, 1.807) is 0 Å². The maximum Gasteiger partial charge on any atom is 0.325 e. The number of nitrogens with zero attached hydrogens (tertiary/aromatic N) is 1. The van der Waals surface area contributed by atoms with Gasteiger partial charge in [-0.2, -0.15) is 0 Å². The molecule has 0 amide bonds. The summed E-state index contributed by atoms with van der Waals surface area (Å²) in [6, 6.07) is 0.996. The van der Waals surface area contributed by atoms with Gasteiger partial charge < -0.3 is 10.0 Å². The van der Waals surface area contributed by atoms with E-state index in [0.717, 1.165) is 25.7 Å². The number of carboxylic acids is 1. The first-order chi connectivity index (χ1) is 10.0. The maximum atomic E-state index is 12.1. The number of carboxylic acid groups (broad SMARTS) is 1. The molecule has 3 saturated carbocycles. The molecule has 0 heterocycles. The summed E-state index contributed by atoms with van der Waals surface area (Å²) >= 11 is 0. The van der Waals surface area contributed by atoms with Gasteiger partial charge in [-0.05, 0) is 57.4 Å². The van der Waals surface area contributed by atoms with E-state index in [1.165, 1.54) is 25.7 Å². The molecule has 0 aliphatic heterocycles. The molecule has 4 heteroatoms. The van der Waals surface area contributed by atoms with E-state index in [9.17, 15) is 9.90 Å². The van der Waals surface area contributed by atoms with Crippen molar-refractivity contribution in [2.45, 2.75) is 75.9 Å². The first kappa shape index (κ1) is 15.3. The van der Waals surface area contributed by atoms with Crippen LogP contribution in [0.5, 0.6) is 0 Å². The highest BCUT2D eigenvalue weighted by molar-refractivity contribution is 5.80. The second-order valence-corrected chi connectivity index (χ2v) is 7.71. The van der Waals surface area contributed by atoms with E-state index >= 15 is 0 Å². The van der Waals surface area contributed by atoms with Crippen LogP contribution in [0.2, 0.25) is 0 Å². The predicted octanol–water partition coefficient (Wildman–Crippen LogP) is 2.48. The Labute approximate surface area is 128 Å². The normalized spacial score (nSPS) is 32.9. The molecule has 3 aliphatic carbocycles. The monoisotopic (exact) mass is 294 g/mol. The Morgan fingerprint density at radius 3 is 2.38 bits per heavy atom. The van der Waals surface area contributed by atoms with Gasteiger partial charge in [-0.1, -0.05) is 19.8 Å². The second kappa shape index (κ2) is 5.88. The smallest absolute Gasteiger partial charge is 0.325 e. The highest BCUT2D eigenvalue weighted by Crippen LogP contribution is 2.43. The van der Waals surface area contributed by atoms with Crippen molar-refractivity contribution in [1.29, 1.82) is 0 Å². The summed E-state index contributed by atoms with van der Waals surface area (Å²) in [4.78, 5) is 14.4. The number of likely N-dealkylation sites (N-methyl/N-ethyl adjacent to an activating group) is 1. The number of carbonyl (C=O) groups is 1. The predicted molar refractivity (Wildman–Crippen MR) is 83.3 cm³/mol. The zero-order chi connectivity index (χ0) is 15.0. The molecule has 3 rings (SSSR count). The van der Waals surface area contributed by atoms with Crippen molar-refractivity contribution in [1.82, 2.24) is 10.2 Å². The maximum absolute atomic E-state index is 12.1. The van der Waals surface area contributed by atoms with Crippen molar-refractivity contribution >= 4 is 5.97 Å². The molecule has 3 fully saturated rings. The molecule has 0 spiro atoms.